The van der Waals surface area contributed by atoms with Gasteiger partial charge in [-0.1, -0.05) is 47.8 Å². The summed E-state index contributed by atoms with van der Waals surface area (Å²) in [5.41, 5.74) is 0. The first-order chi connectivity index (χ1) is 5.83. The molecule has 0 aromatic carbocycles. The number of ether oxygens (including phenoxy) is 1. The molecule has 2 heteroatoms. The molecule has 0 saturated carbocycles. The van der Waals surface area contributed by atoms with Crippen molar-refractivity contribution in [1.82, 2.24) is 0 Å². The summed E-state index contributed by atoms with van der Waals surface area (Å²) in [6.07, 6.45) is 4.72. The van der Waals surface area contributed by atoms with Crippen molar-refractivity contribution in [3.8, 4) is 0 Å². The highest BCUT2D eigenvalue weighted by Gasteiger charge is 1.77. The summed E-state index contributed by atoms with van der Waals surface area (Å²) in [5, 5.41) is 0. The Hall–Kier alpha value is 0.0249. The standard InChI is InChI=1S/C6H14O.C4H10B.CH4/c1-3-5-7-6-4-2;1-3-5-4-2;/h3-6H2,1-2H3;3-4H2,1-2H3;1H4. The third-order valence-electron chi connectivity index (χ3n) is 1.27. The molecule has 0 fully saturated rings. The molecule has 13 heavy (non-hydrogen) atoms. The number of hydrogen-bond donors (Lipinski definition) is 0. The Balaban J connectivity index is -0.000000150. The van der Waals surface area contributed by atoms with E-state index in [0.29, 0.717) is 0 Å². The average Bonchev–Trinajstić information content (AvgIpc) is 2.08. The van der Waals surface area contributed by atoms with Crippen LogP contribution >= 0.6 is 0 Å². The van der Waals surface area contributed by atoms with E-state index in [0.717, 1.165) is 26.1 Å². The van der Waals surface area contributed by atoms with Crippen molar-refractivity contribution in [2.75, 3.05) is 13.2 Å². The van der Waals surface area contributed by atoms with Crippen molar-refractivity contribution in [1.29, 1.82) is 0 Å². The molecular formula is C11H28BO. The van der Waals surface area contributed by atoms with Crippen molar-refractivity contribution in [2.24, 2.45) is 0 Å². The molecule has 0 saturated heterocycles. The summed E-state index contributed by atoms with van der Waals surface area (Å²) in [5.74, 6) is 0. The van der Waals surface area contributed by atoms with Crippen LogP contribution < -0.4 is 0 Å². The Labute approximate surface area is 86.5 Å². The molecule has 0 bridgehead atoms. The zero-order valence-corrected chi connectivity index (χ0v) is 9.23. The van der Waals surface area contributed by atoms with Crippen LogP contribution in [0.2, 0.25) is 12.6 Å². The maximum Gasteiger partial charge on any atom is 0.108 e. The van der Waals surface area contributed by atoms with E-state index in [4.69, 9.17) is 4.74 Å². The molecule has 0 aromatic rings. The predicted molar refractivity (Wildman–Crippen MR) is 64.8 cm³/mol. The third-order valence-corrected chi connectivity index (χ3v) is 1.27. The van der Waals surface area contributed by atoms with Gasteiger partial charge in [0.15, 0.2) is 0 Å². The SMILES string of the molecule is C.CCCOCCC.CC[B]CC. The first kappa shape index (κ1) is 18.7. The Morgan fingerprint density at radius 1 is 0.846 bits per heavy atom. The zero-order chi connectivity index (χ0) is 9.66. The van der Waals surface area contributed by atoms with Crippen LogP contribution in [0.25, 0.3) is 0 Å². The molecule has 0 unspecified atom stereocenters. The van der Waals surface area contributed by atoms with E-state index < -0.39 is 0 Å². The average molecular weight is 187 g/mol. The molecule has 1 radical (unpaired) electrons. The van der Waals surface area contributed by atoms with Gasteiger partial charge in [-0.15, -0.1) is 0 Å². The highest BCUT2D eigenvalue weighted by molar-refractivity contribution is 6.34. The van der Waals surface area contributed by atoms with Crippen molar-refractivity contribution in [2.45, 2.75) is 60.6 Å². The van der Waals surface area contributed by atoms with E-state index in [-0.39, 0.29) is 7.43 Å². The van der Waals surface area contributed by atoms with Gasteiger partial charge in [0.2, 0.25) is 0 Å². The molecule has 0 heterocycles. The van der Waals surface area contributed by atoms with Gasteiger partial charge in [-0.2, -0.15) is 0 Å². The van der Waals surface area contributed by atoms with Gasteiger partial charge in [-0.3, -0.25) is 0 Å². The van der Waals surface area contributed by atoms with E-state index in [9.17, 15) is 0 Å². The highest BCUT2D eigenvalue weighted by atomic mass is 16.5. The lowest BCUT2D eigenvalue weighted by atomic mass is 9.73. The van der Waals surface area contributed by atoms with Gasteiger partial charge in [0.25, 0.3) is 0 Å². The smallest absolute Gasteiger partial charge is 0.108 e. The second-order valence-corrected chi connectivity index (χ2v) is 2.72. The van der Waals surface area contributed by atoms with Crippen LogP contribution in [0, 0.1) is 0 Å². The monoisotopic (exact) mass is 187 g/mol. The number of hydrogen-bond acceptors (Lipinski definition) is 1. The quantitative estimate of drug-likeness (QED) is 0.450. The summed E-state index contributed by atoms with van der Waals surface area (Å²) in [6.45, 7) is 10.4. The van der Waals surface area contributed by atoms with Crippen LogP contribution in [-0.4, -0.2) is 20.5 Å². The summed E-state index contributed by atoms with van der Waals surface area (Å²) in [6, 6.07) is 0. The molecule has 0 aliphatic rings. The van der Waals surface area contributed by atoms with Crippen LogP contribution in [-0.2, 0) is 4.74 Å². The van der Waals surface area contributed by atoms with E-state index in [1.165, 1.54) is 12.6 Å². The van der Waals surface area contributed by atoms with Gasteiger partial charge in [0, 0.05) is 13.2 Å². The molecule has 1 nitrogen and oxygen atoms in total. The van der Waals surface area contributed by atoms with Gasteiger partial charge < -0.3 is 4.74 Å². The molecule has 0 atom stereocenters. The maximum absolute atomic E-state index is 5.13. The summed E-state index contributed by atoms with van der Waals surface area (Å²) in [4.78, 5) is 0. The fourth-order valence-corrected chi connectivity index (χ4v) is 0.679. The Morgan fingerprint density at radius 3 is 1.38 bits per heavy atom. The van der Waals surface area contributed by atoms with E-state index in [2.05, 4.69) is 35.0 Å². The molecule has 0 amide bonds. The van der Waals surface area contributed by atoms with Crippen LogP contribution in [0.5, 0.6) is 0 Å². The Bertz CT molecular complexity index is 52.1. The summed E-state index contributed by atoms with van der Waals surface area (Å²) < 4.78 is 5.13. The molecule has 0 aliphatic carbocycles. The topological polar surface area (TPSA) is 9.23 Å². The second kappa shape index (κ2) is 22.7. The van der Waals surface area contributed by atoms with E-state index in [1.807, 2.05) is 0 Å². The fourth-order valence-electron chi connectivity index (χ4n) is 0.679. The first-order valence-corrected chi connectivity index (χ1v) is 5.22. The van der Waals surface area contributed by atoms with Gasteiger partial charge in [-0.05, 0) is 12.8 Å². The Morgan fingerprint density at radius 2 is 1.23 bits per heavy atom. The molecule has 0 aliphatic heterocycles. The van der Waals surface area contributed by atoms with Crippen molar-refractivity contribution in [3.63, 3.8) is 0 Å². The molecule has 0 aromatic heterocycles. The third kappa shape index (κ3) is 33.3. The lowest BCUT2D eigenvalue weighted by Gasteiger charge is -1.95. The van der Waals surface area contributed by atoms with Crippen molar-refractivity contribution in [3.05, 3.63) is 0 Å². The van der Waals surface area contributed by atoms with Gasteiger partial charge >= 0.3 is 0 Å². The molecule has 0 spiro atoms. The Kier molecular flexibility index (Phi) is 32.7. The minimum absolute atomic E-state index is 0. The fraction of sp³-hybridized carbons (Fsp3) is 1.00. The lowest BCUT2D eigenvalue weighted by molar-refractivity contribution is 0.135. The van der Waals surface area contributed by atoms with Gasteiger partial charge in [-0.25, -0.2) is 0 Å². The van der Waals surface area contributed by atoms with E-state index in [1.54, 1.807) is 0 Å². The minimum atomic E-state index is 0. The zero-order valence-electron chi connectivity index (χ0n) is 9.23. The molecule has 81 valence electrons. The molecule has 0 rings (SSSR count). The largest absolute Gasteiger partial charge is 0.381 e. The second-order valence-electron chi connectivity index (χ2n) is 2.72. The molecule has 0 N–H and O–H groups in total. The van der Waals surface area contributed by atoms with Crippen LogP contribution in [0.15, 0.2) is 0 Å². The van der Waals surface area contributed by atoms with Gasteiger partial charge in [0.05, 0.1) is 0 Å². The highest BCUT2D eigenvalue weighted by Crippen LogP contribution is 1.81. The maximum atomic E-state index is 5.13. The van der Waals surface area contributed by atoms with Crippen molar-refractivity contribution < 1.29 is 4.74 Å². The normalized spacial score (nSPS) is 8.00. The lowest BCUT2D eigenvalue weighted by Crippen LogP contribution is -1.92. The van der Waals surface area contributed by atoms with Crippen LogP contribution in [0.3, 0.4) is 0 Å². The van der Waals surface area contributed by atoms with Gasteiger partial charge in [0.1, 0.15) is 7.28 Å². The van der Waals surface area contributed by atoms with Crippen molar-refractivity contribution >= 4 is 7.28 Å². The minimum Gasteiger partial charge on any atom is -0.381 e. The number of rotatable bonds is 6. The summed E-state index contributed by atoms with van der Waals surface area (Å²) >= 11 is 0. The first-order valence-electron chi connectivity index (χ1n) is 5.22. The molecular weight excluding hydrogens is 159 g/mol. The summed E-state index contributed by atoms with van der Waals surface area (Å²) in [7, 11) is 2.25. The van der Waals surface area contributed by atoms with E-state index >= 15 is 0 Å². The predicted octanol–water partition coefficient (Wildman–Crippen LogP) is 4.03. The van der Waals surface area contributed by atoms with Crippen LogP contribution in [0.4, 0.5) is 0 Å². The van der Waals surface area contributed by atoms with Crippen LogP contribution in [0.1, 0.15) is 48.0 Å².